The summed E-state index contributed by atoms with van der Waals surface area (Å²) in [4.78, 5) is 0. The minimum Gasteiger partial charge on any atom is -0.491 e. The van der Waals surface area contributed by atoms with Gasteiger partial charge in [-0.2, -0.15) is 0 Å². The average Bonchev–Trinajstić information content (AvgIpc) is 2.71. The third-order valence-electron chi connectivity index (χ3n) is 5.51. The zero-order valence-corrected chi connectivity index (χ0v) is 16.4. The van der Waals surface area contributed by atoms with Gasteiger partial charge in [0.15, 0.2) is 11.6 Å². The van der Waals surface area contributed by atoms with Crippen molar-refractivity contribution in [2.45, 2.75) is 45.4 Å². The minimum absolute atomic E-state index is 0.265. The highest BCUT2D eigenvalue weighted by molar-refractivity contribution is 5.69. The molecule has 0 N–H and O–H groups in total. The van der Waals surface area contributed by atoms with Crippen LogP contribution in [0.25, 0.3) is 11.1 Å². The molecule has 1 aliphatic carbocycles. The van der Waals surface area contributed by atoms with Crippen molar-refractivity contribution in [3.63, 3.8) is 0 Å². The lowest BCUT2D eigenvalue weighted by Crippen LogP contribution is -2.07. The molecule has 0 radical (unpaired) electrons. The van der Waals surface area contributed by atoms with Crippen molar-refractivity contribution in [1.29, 1.82) is 0 Å². The van der Waals surface area contributed by atoms with Gasteiger partial charge in [0, 0.05) is 5.92 Å². The van der Waals surface area contributed by atoms with Crippen LogP contribution in [0.4, 0.5) is 4.39 Å². The topological polar surface area (TPSA) is 9.23 Å². The van der Waals surface area contributed by atoms with Crippen molar-refractivity contribution >= 4 is 0 Å². The predicted octanol–water partition coefficient (Wildman–Crippen LogP) is 7.22. The van der Waals surface area contributed by atoms with Gasteiger partial charge in [0.25, 0.3) is 0 Å². The fraction of sp³-hybridized carbons (Fsp3) is 0.360. The molecule has 0 aromatic heterocycles. The zero-order valence-electron chi connectivity index (χ0n) is 16.4. The second kappa shape index (κ2) is 9.03. The van der Waals surface area contributed by atoms with Crippen LogP contribution < -0.4 is 4.74 Å². The first-order valence-electron chi connectivity index (χ1n) is 9.95. The number of benzene rings is 2. The number of halogens is 1. The Morgan fingerprint density at radius 1 is 1.11 bits per heavy atom. The smallest absolute Gasteiger partial charge is 0.168 e. The lowest BCUT2D eigenvalue weighted by molar-refractivity contribution is 0.321. The van der Waals surface area contributed by atoms with Crippen molar-refractivity contribution in [2.75, 3.05) is 6.61 Å². The SMILES string of the molecule is C=CCCC1C=CC(c2ccc(-c3ccc(OCC)c(F)c3C)cc2)CC1. The van der Waals surface area contributed by atoms with Gasteiger partial charge in [0.2, 0.25) is 0 Å². The molecular formula is C25H29FO. The average molecular weight is 365 g/mol. The number of allylic oxidation sites excluding steroid dienone is 3. The molecular weight excluding hydrogens is 335 g/mol. The number of hydrogen-bond acceptors (Lipinski definition) is 1. The second-order valence-electron chi connectivity index (χ2n) is 7.30. The number of rotatable bonds is 7. The van der Waals surface area contributed by atoms with E-state index in [-0.39, 0.29) is 5.82 Å². The van der Waals surface area contributed by atoms with E-state index < -0.39 is 0 Å². The molecule has 0 saturated heterocycles. The Morgan fingerprint density at radius 2 is 1.89 bits per heavy atom. The molecule has 0 saturated carbocycles. The summed E-state index contributed by atoms with van der Waals surface area (Å²) in [6.45, 7) is 7.96. The van der Waals surface area contributed by atoms with E-state index in [1.807, 2.05) is 26.0 Å². The maximum Gasteiger partial charge on any atom is 0.168 e. The van der Waals surface area contributed by atoms with Crippen LogP contribution >= 0.6 is 0 Å². The van der Waals surface area contributed by atoms with Gasteiger partial charge in [-0.25, -0.2) is 4.39 Å². The molecule has 27 heavy (non-hydrogen) atoms. The maximum atomic E-state index is 14.5. The van der Waals surface area contributed by atoms with Crippen LogP contribution in [0.2, 0.25) is 0 Å². The summed E-state index contributed by atoms with van der Waals surface area (Å²) in [6.07, 6.45) is 11.4. The van der Waals surface area contributed by atoms with Crippen molar-refractivity contribution in [3.05, 3.63) is 78.1 Å². The van der Waals surface area contributed by atoms with Crippen LogP contribution in [-0.4, -0.2) is 6.61 Å². The van der Waals surface area contributed by atoms with Gasteiger partial charge >= 0.3 is 0 Å². The van der Waals surface area contributed by atoms with Crippen LogP contribution in [-0.2, 0) is 0 Å². The van der Waals surface area contributed by atoms with Crippen molar-refractivity contribution in [3.8, 4) is 16.9 Å². The molecule has 0 fully saturated rings. The predicted molar refractivity (Wildman–Crippen MR) is 112 cm³/mol. The van der Waals surface area contributed by atoms with Gasteiger partial charge in [-0.05, 0) is 73.8 Å². The normalized spacial score (nSPS) is 19.1. The Balaban J connectivity index is 1.75. The summed E-state index contributed by atoms with van der Waals surface area (Å²) >= 11 is 0. The third-order valence-corrected chi connectivity index (χ3v) is 5.51. The molecule has 3 rings (SSSR count). The maximum absolute atomic E-state index is 14.5. The first-order chi connectivity index (χ1) is 13.1. The van der Waals surface area contributed by atoms with E-state index >= 15 is 0 Å². The lowest BCUT2D eigenvalue weighted by atomic mass is 9.82. The van der Waals surface area contributed by atoms with Gasteiger partial charge in [-0.15, -0.1) is 6.58 Å². The molecule has 2 heteroatoms. The van der Waals surface area contributed by atoms with Crippen LogP contribution in [0, 0.1) is 18.7 Å². The van der Waals surface area contributed by atoms with Gasteiger partial charge in [0.05, 0.1) is 6.61 Å². The summed E-state index contributed by atoms with van der Waals surface area (Å²) in [7, 11) is 0. The molecule has 1 aliphatic rings. The van der Waals surface area contributed by atoms with Gasteiger partial charge < -0.3 is 4.74 Å². The fourth-order valence-electron chi connectivity index (χ4n) is 3.88. The fourth-order valence-corrected chi connectivity index (χ4v) is 3.88. The highest BCUT2D eigenvalue weighted by Gasteiger charge is 2.17. The molecule has 0 spiro atoms. The van der Waals surface area contributed by atoms with Crippen LogP contribution in [0.3, 0.4) is 0 Å². The first kappa shape index (κ1) is 19.4. The monoisotopic (exact) mass is 364 g/mol. The Labute approximate surface area is 162 Å². The van der Waals surface area contributed by atoms with Gasteiger partial charge in [-0.1, -0.05) is 48.6 Å². The van der Waals surface area contributed by atoms with Crippen LogP contribution in [0.5, 0.6) is 5.75 Å². The van der Waals surface area contributed by atoms with Gasteiger partial charge in [-0.3, -0.25) is 0 Å². The molecule has 142 valence electrons. The van der Waals surface area contributed by atoms with E-state index in [1.54, 1.807) is 6.07 Å². The van der Waals surface area contributed by atoms with E-state index in [9.17, 15) is 4.39 Å². The summed E-state index contributed by atoms with van der Waals surface area (Å²) in [5.74, 6) is 1.23. The van der Waals surface area contributed by atoms with E-state index in [4.69, 9.17) is 4.74 Å². The largest absolute Gasteiger partial charge is 0.491 e. The quantitative estimate of drug-likeness (QED) is 0.471. The van der Waals surface area contributed by atoms with Gasteiger partial charge in [0.1, 0.15) is 0 Å². The second-order valence-corrected chi connectivity index (χ2v) is 7.30. The molecule has 1 nitrogen and oxygen atoms in total. The number of hydrogen-bond donors (Lipinski definition) is 0. The molecule has 2 unspecified atom stereocenters. The molecule has 0 aliphatic heterocycles. The van der Waals surface area contributed by atoms with E-state index in [0.717, 1.165) is 17.5 Å². The Kier molecular flexibility index (Phi) is 6.49. The molecule has 2 aromatic carbocycles. The summed E-state index contributed by atoms with van der Waals surface area (Å²) in [6, 6.07) is 12.3. The molecule has 2 aromatic rings. The Hall–Kier alpha value is -2.35. The molecule has 0 heterocycles. The van der Waals surface area contributed by atoms with Crippen molar-refractivity contribution in [1.82, 2.24) is 0 Å². The summed E-state index contributed by atoms with van der Waals surface area (Å²) in [5, 5.41) is 0. The third kappa shape index (κ3) is 4.50. The zero-order chi connectivity index (χ0) is 19.2. The standard InChI is InChI=1S/C25H29FO/c1-4-6-7-19-8-10-20(11-9-19)21-12-14-22(15-13-21)23-16-17-24(27-5-2)25(26)18(23)3/h4,8,10,12-17,19-20H,1,5-7,9,11H2,2-3H3. The Morgan fingerprint density at radius 3 is 2.52 bits per heavy atom. The molecule has 0 amide bonds. The minimum atomic E-state index is -0.265. The van der Waals surface area contributed by atoms with E-state index in [0.29, 0.717) is 29.8 Å². The van der Waals surface area contributed by atoms with Crippen molar-refractivity contribution in [2.24, 2.45) is 5.92 Å². The molecule has 0 bridgehead atoms. The molecule has 2 atom stereocenters. The van der Waals surface area contributed by atoms with E-state index in [1.165, 1.54) is 24.8 Å². The lowest BCUT2D eigenvalue weighted by Gasteiger charge is -2.23. The highest BCUT2D eigenvalue weighted by atomic mass is 19.1. The summed E-state index contributed by atoms with van der Waals surface area (Å²) < 4.78 is 19.8. The number of ether oxygens (including phenoxy) is 1. The Bertz CT molecular complexity index is 804. The van der Waals surface area contributed by atoms with Crippen molar-refractivity contribution < 1.29 is 9.13 Å². The summed E-state index contributed by atoms with van der Waals surface area (Å²) in [5.41, 5.74) is 3.94. The first-order valence-corrected chi connectivity index (χ1v) is 9.95. The highest BCUT2D eigenvalue weighted by Crippen LogP contribution is 2.35. The van der Waals surface area contributed by atoms with Crippen LogP contribution in [0.1, 0.15) is 49.7 Å². The van der Waals surface area contributed by atoms with Crippen LogP contribution in [0.15, 0.2) is 61.2 Å². The van der Waals surface area contributed by atoms with E-state index in [2.05, 4.69) is 43.0 Å².